The van der Waals surface area contributed by atoms with Crippen molar-refractivity contribution >= 4 is 17.2 Å². The minimum Gasteiger partial charge on any atom is -0.396 e. The van der Waals surface area contributed by atoms with Gasteiger partial charge in [-0.05, 0) is 55.0 Å². The smallest absolute Gasteiger partial charge is 0.230 e. The van der Waals surface area contributed by atoms with Crippen LogP contribution in [0.3, 0.4) is 0 Å². The van der Waals surface area contributed by atoms with Crippen molar-refractivity contribution in [2.45, 2.75) is 38.0 Å². The van der Waals surface area contributed by atoms with E-state index in [1.54, 1.807) is 11.3 Å². The number of fused-ring (bicyclic) bond motifs is 1. The summed E-state index contributed by atoms with van der Waals surface area (Å²) in [4.78, 5) is 16.1. The monoisotopic (exact) mass is 279 g/mol. The molecule has 1 saturated heterocycles. The molecular weight excluding hydrogens is 258 g/mol. The van der Waals surface area contributed by atoms with Gasteiger partial charge in [0.2, 0.25) is 5.91 Å². The van der Waals surface area contributed by atoms with Crippen LogP contribution in [-0.2, 0) is 11.2 Å². The number of carbonyl (C=O) groups is 1. The van der Waals surface area contributed by atoms with Crippen molar-refractivity contribution in [2.75, 3.05) is 19.7 Å². The maximum atomic E-state index is 12.7. The molecule has 1 N–H and O–H groups in total. The number of aryl methyl sites for hydroxylation is 1. The maximum absolute atomic E-state index is 12.7. The SMILES string of the molecule is O=C(C1CCCc2sccc21)N1CCC(CCO)C1. The van der Waals surface area contributed by atoms with Gasteiger partial charge in [0.05, 0.1) is 5.92 Å². The van der Waals surface area contributed by atoms with Gasteiger partial charge in [-0.3, -0.25) is 4.79 Å². The Bertz CT molecular complexity index is 457. The summed E-state index contributed by atoms with van der Waals surface area (Å²) >= 11 is 1.79. The van der Waals surface area contributed by atoms with Gasteiger partial charge in [-0.15, -0.1) is 11.3 Å². The molecule has 0 bridgehead atoms. The van der Waals surface area contributed by atoms with E-state index >= 15 is 0 Å². The molecule has 1 amide bonds. The minimum atomic E-state index is 0.0999. The van der Waals surface area contributed by atoms with Crippen LogP contribution in [0.25, 0.3) is 0 Å². The quantitative estimate of drug-likeness (QED) is 0.923. The lowest BCUT2D eigenvalue weighted by Gasteiger charge is -2.26. The Hall–Kier alpha value is -0.870. The van der Waals surface area contributed by atoms with Gasteiger partial charge in [-0.1, -0.05) is 0 Å². The highest BCUT2D eigenvalue weighted by Crippen LogP contribution is 2.37. The Morgan fingerprint density at radius 2 is 2.37 bits per heavy atom. The summed E-state index contributed by atoms with van der Waals surface area (Å²) in [5, 5.41) is 11.1. The van der Waals surface area contributed by atoms with E-state index in [2.05, 4.69) is 11.4 Å². The van der Waals surface area contributed by atoms with Crippen LogP contribution in [0.4, 0.5) is 0 Å². The number of hydrogen-bond acceptors (Lipinski definition) is 3. The molecule has 1 aromatic heterocycles. The minimum absolute atomic E-state index is 0.0999. The van der Waals surface area contributed by atoms with Crippen molar-refractivity contribution in [2.24, 2.45) is 5.92 Å². The van der Waals surface area contributed by atoms with Crippen molar-refractivity contribution < 1.29 is 9.90 Å². The number of hydrogen-bond donors (Lipinski definition) is 1. The van der Waals surface area contributed by atoms with Crippen LogP contribution in [0, 0.1) is 5.92 Å². The zero-order valence-electron chi connectivity index (χ0n) is 11.2. The van der Waals surface area contributed by atoms with Gasteiger partial charge in [0.25, 0.3) is 0 Å². The fraction of sp³-hybridized carbons (Fsp3) is 0.667. The Morgan fingerprint density at radius 1 is 1.47 bits per heavy atom. The number of aliphatic hydroxyl groups is 1. The molecule has 1 aliphatic heterocycles. The second-order valence-electron chi connectivity index (χ2n) is 5.70. The highest BCUT2D eigenvalue weighted by Gasteiger charge is 2.33. The van der Waals surface area contributed by atoms with Crippen molar-refractivity contribution in [3.05, 3.63) is 21.9 Å². The van der Waals surface area contributed by atoms with Gasteiger partial charge >= 0.3 is 0 Å². The zero-order chi connectivity index (χ0) is 13.2. The molecule has 1 aliphatic carbocycles. The van der Waals surface area contributed by atoms with Crippen LogP contribution in [0.2, 0.25) is 0 Å². The van der Waals surface area contributed by atoms with Crippen LogP contribution in [0.15, 0.2) is 11.4 Å². The molecule has 0 spiro atoms. The number of thiophene rings is 1. The fourth-order valence-electron chi connectivity index (χ4n) is 3.41. The van der Waals surface area contributed by atoms with Crippen LogP contribution in [0.5, 0.6) is 0 Å². The number of likely N-dealkylation sites (tertiary alicyclic amines) is 1. The Balaban J connectivity index is 1.69. The lowest BCUT2D eigenvalue weighted by atomic mass is 9.87. The van der Waals surface area contributed by atoms with Gasteiger partial charge in [-0.25, -0.2) is 0 Å². The van der Waals surface area contributed by atoms with E-state index in [1.165, 1.54) is 10.4 Å². The third-order valence-electron chi connectivity index (χ3n) is 4.48. The van der Waals surface area contributed by atoms with Gasteiger partial charge in [0, 0.05) is 24.6 Å². The van der Waals surface area contributed by atoms with E-state index in [4.69, 9.17) is 5.11 Å². The number of amides is 1. The van der Waals surface area contributed by atoms with Crippen LogP contribution < -0.4 is 0 Å². The molecule has 19 heavy (non-hydrogen) atoms. The molecule has 2 atom stereocenters. The lowest BCUT2D eigenvalue weighted by Crippen LogP contribution is -2.34. The molecule has 2 heterocycles. The highest BCUT2D eigenvalue weighted by molar-refractivity contribution is 7.10. The average molecular weight is 279 g/mol. The molecule has 0 aromatic carbocycles. The van der Waals surface area contributed by atoms with E-state index in [0.29, 0.717) is 11.8 Å². The first-order chi connectivity index (χ1) is 9.29. The highest BCUT2D eigenvalue weighted by atomic mass is 32.1. The molecule has 1 fully saturated rings. The molecule has 4 heteroatoms. The number of carbonyl (C=O) groups excluding carboxylic acids is 1. The van der Waals surface area contributed by atoms with E-state index in [9.17, 15) is 4.79 Å². The first-order valence-corrected chi connectivity index (χ1v) is 8.13. The summed E-state index contributed by atoms with van der Waals surface area (Å²) in [6.45, 7) is 1.96. The maximum Gasteiger partial charge on any atom is 0.230 e. The van der Waals surface area contributed by atoms with E-state index in [0.717, 1.165) is 45.2 Å². The molecule has 0 radical (unpaired) electrons. The molecule has 104 valence electrons. The molecule has 1 aromatic rings. The lowest BCUT2D eigenvalue weighted by molar-refractivity contribution is -0.132. The summed E-state index contributed by atoms with van der Waals surface area (Å²) in [7, 11) is 0. The van der Waals surface area contributed by atoms with Crippen molar-refractivity contribution in [1.29, 1.82) is 0 Å². The zero-order valence-corrected chi connectivity index (χ0v) is 12.0. The molecule has 2 aliphatic rings. The number of nitrogens with zero attached hydrogens (tertiary/aromatic N) is 1. The predicted octanol–water partition coefficient (Wildman–Crippen LogP) is 2.40. The number of aliphatic hydroxyl groups excluding tert-OH is 1. The Labute approximate surface area is 118 Å². The van der Waals surface area contributed by atoms with E-state index in [-0.39, 0.29) is 12.5 Å². The standard InChI is InChI=1S/C15H21NO2S/c17-8-5-11-4-7-16(10-11)15(18)13-2-1-3-14-12(13)6-9-19-14/h6,9,11,13,17H,1-5,7-8,10H2. The first-order valence-electron chi connectivity index (χ1n) is 7.25. The third kappa shape index (κ3) is 2.56. The average Bonchev–Trinajstić information content (AvgIpc) is 3.06. The molecule has 0 saturated carbocycles. The summed E-state index contributed by atoms with van der Waals surface area (Å²) < 4.78 is 0. The Morgan fingerprint density at radius 3 is 3.21 bits per heavy atom. The summed E-state index contributed by atoms with van der Waals surface area (Å²) in [5.74, 6) is 0.919. The molecular formula is C15H21NO2S. The van der Waals surface area contributed by atoms with Gasteiger partial charge in [0.1, 0.15) is 0 Å². The predicted molar refractivity (Wildman–Crippen MR) is 76.4 cm³/mol. The van der Waals surface area contributed by atoms with Crippen LogP contribution >= 0.6 is 11.3 Å². The first kappa shape index (κ1) is 13.1. The van der Waals surface area contributed by atoms with Gasteiger partial charge in [-0.2, -0.15) is 0 Å². The van der Waals surface area contributed by atoms with Gasteiger partial charge < -0.3 is 10.0 Å². The largest absolute Gasteiger partial charge is 0.396 e. The molecule has 2 unspecified atom stereocenters. The van der Waals surface area contributed by atoms with Crippen molar-refractivity contribution in [1.82, 2.24) is 4.90 Å². The number of rotatable bonds is 3. The third-order valence-corrected chi connectivity index (χ3v) is 5.48. The van der Waals surface area contributed by atoms with Crippen molar-refractivity contribution in [3.8, 4) is 0 Å². The fourth-order valence-corrected chi connectivity index (χ4v) is 4.40. The second-order valence-corrected chi connectivity index (χ2v) is 6.70. The summed E-state index contributed by atoms with van der Waals surface area (Å²) in [5.41, 5.74) is 1.28. The molecule has 3 rings (SSSR count). The Kier molecular flexibility index (Phi) is 3.89. The molecule has 3 nitrogen and oxygen atoms in total. The topological polar surface area (TPSA) is 40.5 Å². The summed E-state index contributed by atoms with van der Waals surface area (Å²) in [6.07, 6.45) is 5.17. The van der Waals surface area contributed by atoms with E-state index < -0.39 is 0 Å². The van der Waals surface area contributed by atoms with Crippen LogP contribution in [0.1, 0.15) is 42.0 Å². The van der Waals surface area contributed by atoms with E-state index in [1.807, 2.05) is 4.90 Å². The normalized spacial score (nSPS) is 26.5. The van der Waals surface area contributed by atoms with Crippen molar-refractivity contribution in [3.63, 3.8) is 0 Å². The summed E-state index contributed by atoms with van der Waals surface area (Å²) in [6, 6.07) is 2.14. The van der Waals surface area contributed by atoms with Gasteiger partial charge in [0.15, 0.2) is 0 Å². The second kappa shape index (κ2) is 5.63. The van der Waals surface area contributed by atoms with Crippen LogP contribution in [-0.4, -0.2) is 35.6 Å².